The van der Waals surface area contributed by atoms with Crippen LogP contribution in [0.25, 0.3) is 0 Å². The summed E-state index contributed by atoms with van der Waals surface area (Å²) >= 11 is 0. The molecule has 1 aliphatic rings. The van der Waals surface area contributed by atoms with Gasteiger partial charge in [0.1, 0.15) is 11.6 Å². The first-order chi connectivity index (χ1) is 8.16. The zero-order chi connectivity index (χ0) is 12.3. The minimum atomic E-state index is -0.518. The van der Waals surface area contributed by atoms with Crippen LogP contribution in [0.3, 0.4) is 0 Å². The number of carbonyl (C=O) groups excluding carboxylic acids is 1. The van der Waals surface area contributed by atoms with Gasteiger partial charge in [0.05, 0.1) is 6.04 Å². The van der Waals surface area contributed by atoms with E-state index in [2.05, 4.69) is 5.32 Å². The highest BCUT2D eigenvalue weighted by atomic mass is 19.1. The lowest BCUT2D eigenvalue weighted by molar-refractivity contribution is -0.121. The van der Waals surface area contributed by atoms with E-state index >= 15 is 0 Å². The molecular weight excluding hydrogens is 224 g/mol. The third-order valence-corrected chi connectivity index (χ3v) is 3.07. The summed E-state index contributed by atoms with van der Waals surface area (Å²) in [6.45, 7) is 0.821. The number of halogens is 2. The van der Waals surface area contributed by atoms with Gasteiger partial charge in [-0.1, -0.05) is 6.42 Å². The average molecular weight is 239 g/mol. The number of hydrogen-bond donors (Lipinski definition) is 1. The van der Waals surface area contributed by atoms with Gasteiger partial charge < -0.3 is 5.32 Å². The fourth-order valence-corrected chi connectivity index (χ4v) is 2.12. The summed E-state index contributed by atoms with van der Waals surface area (Å²) in [6, 6.07) is 3.01. The predicted molar refractivity (Wildman–Crippen MR) is 60.7 cm³/mol. The van der Waals surface area contributed by atoms with Crippen molar-refractivity contribution >= 4 is 5.78 Å². The number of ketones is 1. The quantitative estimate of drug-likeness (QED) is 0.876. The van der Waals surface area contributed by atoms with Gasteiger partial charge in [0, 0.05) is 6.42 Å². The fourth-order valence-electron chi connectivity index (χ4n) is 2.12. The molecule has 0 radical (unpaired) electrons. The second-order valence-corrected chi connectivity index (χ2v) is 4.38. The molecule has 1 atom stereocenters. The van der Waals surface area contributed by atoms with Gasteiger partial charge in [0.25, 0.3) is 0 Å². The Morgan fingerprint density at radius 1 is 1.35 bits per heavy atom. The maximum absolute atomic E-state index is 13.4. The highest BCUT2D eigenvalue weighted by Gasteiger charge is 2.21. The SMILES string of the molecule is O=C(Cc1cc(F)ccc1F)C1CCCCN1. The van der Waals surface area contributed by atoms with Crippen molar-refractivity contribution < 1.29 is 13.6 Å². The van der Waals surface area contributed by atoms with Crippen molar-refractivity contribution in [2.75, 3.05) is 6.54 Å². The Morgan fingerprint density at radius 2 is 2.18 bits per heavy atom. The molecule has 1 saturated heterocycles. The number of piperidine rings is 1. The van der Waals surface area contributed by atoms with Crippen LogP contribution in [0.15, 0.2) is 18.2 Å². The summed E-state index contributed by atoms with van der Waals surface area (Å²) in [5.41, 5.74) is 0.141. The molecule has 1 aromatic rings. The first-order valence-electron chi connectivity index (χ1n) is 5.87. The molecule has 1 aromatic carbocycles. The summed E-state index contributed by atoms with van der Waals surface area (Å²) in [7, 11) is 0. The maximum Gasteiger partial charge on any atom is 0.154 e. The van der Waals surface area contributed by atoms with Gasteiger partial charge in [-0.25, -0.2) is 8.78 Å². The lowest BCUT2D eigenvalue weighted by atomic mass is 9.96. The van der Waals surface area contributed by atoms with Crippen molar-refractivity contribution in [2.24, 2.45) is 0 Å². The lowest BCUT2D eigenvalue weighted by Crippen LogP contribution is -2.41. The van der Waals surface area contributed by atoms with Gasteiger partial charge in [-0.15, -0.1) is 0 Å². The molecule has 0 bridgehead atoms. The van der Waals surface area contributed by atoms with E-state index in [1.54, 1.807) is 0 Å². The van der Waals surface area contributed by atoms with E-state index in [-0.39, 0.29) is 23.8 Å². The number of nitrogens with one attached hydrogen (secondary N) is 1. The number of carbonyl (C=O) groups is 1. The lowest BCUT2D eigenvalue weighted by Gasteiger charge is -2.22. The molecule has 4 heteroatoms. The van der Waals surface area contributed by atoms with Crippen LogP contribution in [0.4, 0.5) is 8.78 Å². The van der Waals surface area contributed by atoms with E-state index in [0.717, 1.165) is 44.0 Å². The van der Waals surface area contributed by atoms with Gasteiger partial charge in [-0.05, 0) is 43.1 Å². The number of rotatable bonds is 3. The summed E-state index contributed by atoms with van der Waals surface area (Å²) in [6.07, 6.45) is 2.82. The van der Waals surface area contributed by atoms with E-state index in [1.165, 1.54) is 0 Å². The van der Waals surface area contributed by atoms with Crippen molar-refractivity contribution in [2.45, 2.75) is 31.7 Å². The van der Waals surface area contributed by atoms with Gasteiger partial charge in [0.15, 0.2) is 5.78 Å². The molecule has 2 rings (SSSR count). The van der Waals surface area contributed by atoms with Crippen LogP contribution in [0.1, 0.15) is 24.8 Å². The van der Waals surface area contributed by atoms with E-state index in [9.17, 15) is 13.6 Å². The minimum Gasteiger partial charge on any atom is -0.307 e. The van der Waals surface area contributed by atoms with Crippen molar-refractivity contribution in [3.8, 4) is 0 Å². The molecule has 1 unspecified atom stereocenters. The topological polar surface area (TPSA) is 29.1 Å². The molecule has 1 aliphatic heterocycles. The monoisotopic (exact) mass is 239 g/mol. The number of Topliss-reactive ketones (excluding diaryl/α,β-unsaturated/α-hetero) is 1. The zero-order valence-electron chi connectivity index (χ0n) is 9.51. The second-order valence-electron chi connectivity index (χ2n) is 4.38. The largest absolute Gasteiger partial charge is 0.307 e. The Kier molecular flexibility index (Phi) is 3.84. The molecular formula is C13H15F2NO. The predicted octanol–water partition coefficient (Wildman–Crippen LogP) is 2.22. The molecule has 0 amide bonds. The van der Waals surface area contributed by atoms with Crippen LogP contribution < -0.4 is 5.32 Å². The number of hydrogen-bond acceptors (Lipinski definition) is 2. The Morgan fingerprint density at radius 3 is 2.88 bits per heavy atom. The Balaban J connectivity index is 2.04. The zero-order valence-corrected chi connectivity index (χ0v) is 9.51. The van der Waals surface area contributed by atoms with Gasteiger partial charge in [0.2, 0.25) is 0 Å². The molecule has 1 heterocycles. The molecule has 92 valence electrons. The van der Waals surface area contributed by atoms with E-state index < -0.39 is 11.6 Å². The average Bonchev–Trinajstić information content (AvgIpc) is 2.35. The first kappa shape index (κ1) is 12.2. The van der Waals surface area contributed by atoms with Crippen LogP contribution >= 0.6 is 0 Å². The van der Waals surface area contributed by atoms with Gasteiger partial charge in [-0.2, -0.15) is 0 Å². The fraction of sp³-hybridized carbons (Fsp3) is 0.462. The van der Waals surface area contributed by atoms with Crippen molar-refractivity contribution in [1.29, 1.82) is 0 Å². The van der Waals surface area contributed by atoms with Crippen LogP contribution in [0.2, 0.25) is 0 Å². The minimum absolute atomic E-state index is 0.0404. The third-order valence-electron chi connectivity index (χ3n) is 3.07. The molecule has 17 heavy (non-hydrogen) atoms. The van der Waals surface area contributed by atoms with Crippen molar-refractivity contribution in [1.82, 2.24) is 5.32 Å². The molecule has 1 fully saturated rings. The van der Waals surface area contributed by atoms with Crippen LogP contribution in [-0.2, 0) is 11.2 Å². The second kappa shape index (κ2) is 5.36. The standard InChI is InChI=1S/C13H15F2NO/c14-10-4-5-11(15)9(7-10)8-13(17)12-3-1-2-6-16-12/h4-5,7,12,16H,1-3,6,8H2. The van der Waals surface area contributed by atoms with E-state index in [1.807, 2.05) is 0 Å². The Hall–Kier alpha value is -1.29. The van der Waals surface area contributed by atoms with Crippen molar-refractivity contribution in [3.05, 3.63) is 35.4 Å². The molecule has 2 nitrogen and oxygen atoms in total. The summed E-state index contributed by atoms with van der Waals surface area (Å²) < 4.78 is 26.3. The Labute approximate surface area is 99.0 Å². The molecule has 1 N–H and O–H groups in total. The van der Waals surface area contributed by atoms with Crippen LogP contribution in [-0.4, -0.2) is 18.4 Å². The van der Waals surface area contributed by atoms with Crippen LogP contribution in [0, 0.1) is 11.6 Å². The molecule has 0 aliphatic carbocycles. The third kappa shape index (κ3) is 3.09. The van der Waals surface area contributed by atoms with Crippen molar-refractivity contribution in [3.63, 3.8) is 0 Å². The summed E-state index contributed by atoms with van der Waals surface area (Å²) in [5.74, 6) is -1.09. The number of benzene rings is 1. The van der Waals surface area contributed by atoms with E-state index in [4.69, 9.17) is 0 Å². The summed E-state index contributed by atoms with van der Waals surface area (Å²) in [4.78, 5) is 11.9. The maximum atomic E-state index is 13.4. The molecule has 0 aromatic heterocycles. The normalized spacial score (nSPS) is 20.2. The smallest absolute Gasteiger partial charge is 0.154 e. The first-order valence-corrected chi connectivity index (χ1v) is 5.87. The molecule has 0 saturated carbocycles. The van der Waals surface area contributed by atoms with Crippen LogP contribution in [0.5, 0.6) is 0 Å². The highest BCUT2D eigenvalue weighted by Crippen LogP contribution is 2.14. The Bertz CT molecular complexity index is 414. The van der Waals surface area contributed by atoms with E-state index in [0.29, 0.717) is 0 Å². The highest BCUT2D eigenvalue weighted by molar-refractivity contribution is 5.86. The van der Waals surface area contributed by atoms with Gasteiger partial charge >= 0.3 is 0 Å². The molecule has 0 spiro atoms. The summed E-state index contributed by atoms with van der Waals surface area (Å²) in [5, 5.41) is 3.11. The van der Waals surface area contributed by atoms with Gasteiger partial charge in [-0.3, -0.25) is 4.79 Å².